The van der Waals surface area contributed by atoms with Crippen LogP contribution in [0.5, 0.6) is 0 Å². The van der Waals surface area contributed by atoms with E-state index in [4.69, 9.17) is 0 Å². The van der Waals surface area contributed by atoms with Gasteiger partial charge in [0.2, 0.25) is 0 Å². The Balaban J connectivity index is 1.64. The number of fused-ring (bicyclic) bond motifs is 1. The molecule has 2 heterocycles. The standard InChI is InChI=1S/C17H23FN4/c1-2-3-4-5-11-22-17-10-12-21(13-16(17)19-20-22)15-8-6-14(18)7-9-15/h6-9H,2-5,10-13H2,1H3. The third-order valence-corrected chi connectivity index (χ3v) is 4.29. The van der Waals surface area contributed by atoms with Gasteiger partial charge in [0.15, 0.2) is 0 Å². The number of unbranched alkanes of at least 4 members (excludes halogenated alkanes) is 3. The second kappa shape index (κ2) is 6.90. The van der Waals surface area contributed by atoms with Crippen LogP contribution >= 0.6 is 0 Å². The smallest absolute Gasteiger partial charge is 0.123 e. The second-order valence-corrected chi connectivity index (χ2v) is 5.91. The molecule has 0 unspecified atom stereocenters. The first kappa shape index (κ1) is 15.0. The van der Waals surface area contributed by atoms with Gasteiger partial charge in [0.1, 0.15) is 11.5 Å². The van der Waals surface area contributed by atoms with Gasteiger partial charge in [-0.1, -0.05) is 31.4 Å². The molecule has 4 nitrogen and oxygen atoms in total. The summed E-state index contributed by atoms with van der Waals surface area (Å²) in [4.78, 5) is 2.23. The highest BCUT2D eigenvalue weighted by molar-refractivity contribution is 5.48. The van der Waals surface area contributed by atoms with Crippen molar-refractivity contribution in [3.05, 3.63) is 41.5 Å². The van der Waals surface area contributed by atoms with E-state index in [-0.39, 0.29) is 5.82 Å². The molecule has 0 amide bonds. The molecular formula is C17H23FN4. The lowest BCUT2D eigenvalue weighted by atomic mass is 10.1. The largest absolute Gasteiger partial charge is 0.365 e. The number of halogens is 1. The molecule has 2 aromatic rings. The van der Waals surface area contributed by atoms with Crippen LogP contribution in [0.2, 0.25) is 0 Å². The van der Waals surface area contributed by atoms with Gasteiger partial charge in [0.05, 0.1) is 12.2 Å². The van der Waals surface area contributed by atoms with Crippen LogP contribution in [0.3, 0.4) is 0 Å². The Kier molecular flexibility index (Phi) is 4.71. The van der Waals surface area contributed by atoms with E-state index in [1.165, 1.54) is 43.5 Å². The van der Waals surface area contributed by atoms with Crippen LogP contribution in [0.1, 0.15) is 44.0 Å². The van der Waals surface area contributed by atoms with Crippen molar-refractivity contribution in [3.63, 3.8) is 0 Å². The number of aromatic nitrogens is 3. The lowest BCUT2D eigenvalue weighted by Crippen LogP contribution is -2.31. The van der Waals surface area contributed by atoms with Crippen LogP contribution in [-0.4, -0.2) is 21.5 Å². The van der Waals surface area contributed by atoms with Gasteiger partial charge in [-0.2, -0.15) is 0 Å². The van der Waals surface area contributed by atoms with Gasteiger partial charge in [-0.3, -0.25) is 0 Å². The Morgan fingerprint density at radius 3 is 2.73 bits per heavy atom. The highest BCUT2D eigenvalue weighted by Gasteiger charge is 2.22. The average molecular weight is 302 g/mol. The number of anilines is 1. The topological polar surface area (TPSA) is 34.0 Å². The van der Waals surface area contributed by atoms with Crippen LogP contribution in [0, 0.1) is 5.82 Å². The van der Waals surface area contributed by atoms with Crippen molar-refractivity contribution in [2.75, 3.05) is 11.4 Å². The van der Waals surface area contributed by atoms with Crippen LogP contribution in [-0.2, 0) is 19.5 Å². The molecule has 0 radical (unpaired) electrons. The Hall–Kier alpha value is -1.91. The summed E-state index contributed by atoms with van der Waals surface area (Å²) in [5, 5.41) is 8.66. The first-order valence-corrected chi connectivity index (χ1v) is 8.19. The summed E-state index contributed by atoms with van der Waals surface area (Å²) < 4.78 is 15.1. The van der Waals surface area contributed by atoms with Crippen LogP contribution < -0.4 is 4.90 Å². The minimum Gasteiger partial charge on any atom is -0.365 e. The molecule has 0 fully saturated rings. The molecule has 0 N–H and O–H groups in total. The van der Waals surface area contributed by atoms with Crippen molar-refractivity contribution < 1.29 is 4.39 Å². The number of aryl methyl sites for hydroxylation is 1. The van der Waals surface area contributed by atoms with Crippen molar-refractivity contribution in [3.8, 4) is 0 Å². The highest BCUT2D eigenvalue weighted by atomic mass is 19.1. The Bertz CT molecular complexity index is 606. The number of hydrogen-bond donors (Lipinski definition) is 0. The monoisotopic (exact) mass is 302 g/mol. The lowest BCUT2D eigenvalue weighted by molar-refractivity contribution is 0.509. The third-order valence-electron chi connectivity index (χ3n) is 4.29. The van der Waals surface area contributed by atoms with Gasteiger partial charge in [-0.05, 0) is 30.7 Å². The maximum absolute atomic E-state index is 13.0. The van der Waals surface area contributed by atoms with Gasteiger partial charge in [-0.15, -0.1) is 5.10 Å². The zero-order valence-corrected chi connectivity index (χ0v) is 13.1. The molecule has 0 saturated heterocycles. The molecular weight excluding hydrogens is 279 g/mol. The lowest BCUT2D eigenvalue weighted by Gasteiger charge is -2.28. The van der Waals surface area contributed by atoms with Crippen molar-refractivity contribution in [1.29, 1.82) is 0 Å². The fraction of sp³-hybridized carbons (Fsp3) is 0.529. The van der Waals surface area contributed by atoms with Crippen molar-refractivity contribution in [2.45, 2.75) is 52.1 Å². The maximum atomic E-state index is 13.0. The first-order chi connectivity index (χ1) is 10.8. The summed E-state index contributed by atoms with van der Waals surface area (Å²) in [5.41, 5.74) is 3.38. The predicted octanol–water partition coefficient (Wildman–Crippen LogP) is 3.56. The van der Waals surface area contributed by atoms with E-state index in [0.29, 0.717) is 0 Å². The normalized spacial score (nSPS) is 14.2. The molecule has 0 saturated carbocycles. The minimum absolute atomic E-state index is 0.195. The van der Waals surface area contributed by atoms with E-state index >= 15 is 0 Å². The van der Waals surface area contributed by atoms with Crippen LogP contribution in [0.4, 0.5) is 10.1 Å². The molecule has 0 aliphatic carbocycles. The molecule has 1 aliphatic rings. The average Bonchev–Trinajstić information content (AvgIpc) is 2.95. The number of rotatable bonds is 6. The number of hydrogen-bond acceptors (Lipinski definition) is 3. The zero-order valence-electron chi connectivity index (χ0n) is 13.1. The predicted molar refractivity (Wildman–Crippen MR) is 85.3 cm³/mol. The van der Waals surface area contributed by atoms with E-state index in [1.807, 2.05) is 12.1 Å². The fourth-order valence-electron chi connectivity index (χ4n) is 3.01. The van der Waals surface area contributed by atoms with Gasteiger partial charge in [0, 0.05) is 25.2 Å². The Morgan fingerprint density at radius 1 is 1.14 bits per heavy atom. The molecule has 0 spiro atoms. The van der Waals surface area contributed by atoms with Crippen LogP contribution in [0.25, 0.3) is 0 Å². The van der Waals surface area contributed by atoms with E-state index in [2.05, 4.69) is 26.8 Å². The summed E-state index contributed by atoms with van der Waals surface area (Å²) in [7, 11) is 0. The van der Waals surface area contributed by atoms with Crippen molar-refractivity contribution in [2.24, 2.45) is 0 Å². The Labute approximate surface area is 130 Å². The number of nitrogens with zero attached hydrogens (tertiary/aromatic N) is 4. The maximum Gasteiger partial charge on any atom is 0.123 e. The molecule has 1 aromatic carbocycles. The molecule has 0 bridgehead atoms. The highest BCUT2D eigenvalue weighted by Crippen LogP contribution is 2.23. The van der Waals surface area contributed by atoms with Gasteiger partial charge < -0.3 is 4.90 Å². The third kappa shape index (κ3) is 3.29. The van der Waals surface area contributed by atoms with Crippen LogP contribution in [0.15, 0.2) is 24.3 Å². The van der Waals surface area contributed by atoms with E-state index in [9.17, 15) is 4.39 Å². The van der Waals surface area contributed by atoms with Gasteiger partial charge in [0.25, 0.3) is 0 Å². The summed E-state index contributed by atoms with van der Waals surface area (Å²) in [6.45, 7) is 4.89. The summed E-state index contributed by atoms with van der Waals surface area (Å²) in [5.74, 6) is -0.195. The molecule has 5 heteroatoms. The SMILES string of the molecule is CCCCCCn1nnc2c1CCN(c1ccc(F)cc1)C2. The Morgan fingerprint density at radius 2 is 1.95 bits per heavy atom. The summed E-state index contributed by atoms with van der Waals surface area (Å²) >= 11 is 0. The number of benzene rings is 1. The molecule has 1 aromatic heterocycles. The molecule has 22 heavy (non-hydrogen) atoms. The van der Waals surface area contributed by atoms with Crippen molar-refractivity contribution >= 4 is 5.69 Å². The van der Waals surface area contributed by atoms with E-state index in [0.717, 1.165) is 37.4 Å². The fourth-order valence-corrected chi connectivity index (χ4v) is 3.01. The first-order valence-electron chi connectivity index (χ1n) is 8.19. The van der Waals surface area contributed by atoms with Crippen molar-refractivity contribution in [1.82, 2.24) is 15.0 Å². The van der Waals surface area contributed by atoms with E-state index in [1.54, 1.807) is 0 Å². The van der Waals surface area contributed by atoms with E-state index < -0.39 is 0 Å². The van der Waals surface area contributed by atoms with Gasteiger partial charge in [-0.25, -0.2) is 9.07 Å². The molecule has 118 valence electrons. The molecule has 1 aliphatic heterocycles. The summed E-state index contributed by atoms with van der Waals surface area (Å²) in [6, 6.07) is 6.68. The quantitative estimate of drug-likeness (QED) is 0.765. The molecule has 0 atom stereocenters. The summed E-state index contributed by atoms with van der Waals surface area (Å²) in [6.07, 6.45) is 5.92. The minimum atomic E-state index is -0.195. The van der Waals surface area contributed by atoms with Gasteiger partial charge >= 0.3 is 0 Å². The zero-order chi connectivity index (χ0) is 15.4. The molecule has 3 rings (SSSR count). The second-order valence-electron chi connectivity index (χ2n) is 5.91.